The number of hydrogen-bond acceptors (Lipinski definition) is 7. The lowest BCUT2D eigenvalue weighted by Crippen LogP contribution is -2.56. The van der Waals surface area contributed by atoms with E-state index in [4.69, 9.17) is 4.74 Å². The number of ether oxygens (including phenoxy) is 1. The van der Waals surface area contributed by atoms with Gasteiger partial charge in [0.15, 0.2) is 5.78 Å². The van der Waals surface area contributed by atoms with Crippen LogP contribution in [0.2, 0.25) is 0 Å². The third-order valence-corrected chi connectivity index (χ3v) is 5.52. The molecule has 0 radical (unpaired) electrons. The summed E-state index contributed by atoms with van der Waals surface area (Å²) in [4.78, 5) is 26.9. The van der Waals surface area contributed by atoms with Gasteiger partial charge in [0.1, 0.15) is 11.4 Å². The van der Waals surface area contributed by atoms with E-state index in [-0.39, 0.29) is 23.4 Å². The fourth-order valence-electron chi connectivity index (χ4n) is 3.89. The highest BCUT2D eigenvalue weighted by Gasteiger charge is 2.32. The predicted molar refractivity (Wildman–Crippen MR) is 111 cm³/mol. The number of hydrazine groups is 1. The third-order valence-electron chi connectivity index (χ3n) is 5.52. The molecular weight excluding hydrogens is 370 g/mol. The minimum Gasteiger partial charge on any atom is -0.508 e. The second-order valence-electron chi connectivity index (χ2n) is 8.96. The summed E-state index contributed by atoms with van der Waals surface area (Å²) < 4.78 is 5.53. The van der Waals surface area contributed by atoms with Gasteiger partial charge in [0.25, 0.3) is 0 Å². The number of carbonyl (C=O) groups excluding carboxylic acids is 2. The van der Waals surface area contributed by atoms with Gasteiger partial charge in [-0.05, 0) is 57.9 Å². The van der Waals surface area contributed by atoms with Crippen molar-refractivity contribution in [3.63, 3.8) is 0 Å². The molecule has 0 amide bonds. The number of ketones is 1. The van der Waals surface area contributed by atoms with Gasteiger partial charge >= 0.3 is 5.97 Å². The van der Waals surface area contributed by atoms with E-state index in [0.29, 0.717) is 12.1 Å². The number of esters is 1. The first-order valence-corrected chi connectivity index (χ1v) is 10.5. The van der Waals surface area contributed by atoms with Crippen molar-refractivity contribution in [1.82, 2.24) is 14.9 Å². The molecule has 160 valence electrons. The summed E-state index contributed by atoms with van der Waals surface area (Å²) in [6.07, 6.45) is 1.66. The lowest BCUT2D eigenvalue weighted by molar-refractivity contribution is -0.164. The van der Waals surface area contributed by atoms with Gasteiger partial charge in [-0.2, -0.15) is 0 Å². The Kier molecular flexibility index (Phi) is 6.93. The van der Waals surface area contributed by atoms with Crippen LogP contribution in [0.25, 0.3) is 0 Å². The Balaban J connectivity index is 1.40. The van der Waals surface area contributed by atoms with Crippen LogP contribution in [0, 0.1) is 5.92 Å². The summed E-state index contributed by atoms with van der Waals surface area (Å²) in [5.41, 5.74) is 0.205. The predicted octanol–water partition coefficient (Wildman–Crippen LogP) is 2.16. The van der Waals surface area contributed by atoms with Gasteiger partial charge in [-0.15, -0.1) is 0 Å². The Morgan fingerprint density at radius 3 is 2.07 bits per heavy atom. The van der Waals surface area contributed by atoms with Gasteiger partial charge in [-0.3, -0.25) is 14.5 Å². The van der Waals surface area contributed by atoms with Gasteiger partial charge in [0.2, 0.25) is 0 Å². The van der Waals surface area contributed by atoms with E-state index in [0.717, 1.165) is 52.1 Å². The van der Waals surface area contributed by atoms with Crippen LogP contribution in [0.3, 0.4) is 0 Å². The minimum absolute atomic E-state index is 0.00491. The number of benzene rings is 1. The van der Waals surface area contributed by atoms with E-state index in [1.165, 1.54) is 0 Å². The van der Waals surface area contributed by atoms with Crippen LogP contribution in [0.4, 0.5) is 0 Å². The van der Waals surface area contributed by atoms with Gasteiger partial charge in [0.05, 0.1) is 12.5 Å². The highest BCUT2D eigenvalue weighted by Crippen LogP contribution is 2.23. The van der Waals surface area contributed by atoms with E-state index >= 15 is 0 Å². The second-order valence-corrected chi connectivity index (χ2v) is 8.96. The summed E-state index contributed by atoms with van der Waals surface area (Å²) in [5.74, 6) is 0.173. The molecule has 3 rings (SSSR count). The Hall–Kier alpha value is -1.96. The van der Waals surface area contributed by atoms with Crippen molar-refractivity contribution in [1.29, 1.82) is 0 Å². The number of phenols is 1. The molecule has 2 heterocycles. The molecule has 2 aliphatic rings. The van der Waals surface area contributed by atoms with E-state index in [1.807, 2.05) is 20.8 Å². The Morgan fingerprint density at radius 1 is 0.966 bits per heavy atom. The van der Waals surface area contributed by atoms with Crippen LogP contribution in [0.15, 0.2) is 24.3 Å². The molecule has 0 unspecified atom stereocenters. The van der Waals surface area contributed by atoms with Crippen LogP contribution < -0.4 is 0 Å². The number of Topliss-reactive ketones (excluding diaryl/α,β-unsaturated/α-hetero) is 1. The molecule has 0 aromatic heterocycles. The topological polar surface area (TPSA) is 73.3 Å². The first-order valence-electron chi connectivity index (χ1n) is 10.5. The number of piperidine rings is 1. The summed E-state index contributed by atoms with van der Waals surface area (Å²) in [6.45, 7) is 11.3. The van der Waals surface area contributed by atoms with Crippen LogP contribution in [-0.4, -0.2) is 83.2 Å². The fraction of sp³-hybridized carbons (Fsp3) is 0.636. The lowest BCUT2D eigenvalue weighted by atomic mass is 9.97. The van der Waals surface area contributed by atoms with Crippen molar-refractivity contribution >= 4 is 11.8 Å². The molecule has 1 aromatic carbocycles. The molecule has 0 atom stereocenters. The number of carbonyl (C=O) groups is 2. The zero-order chi connectivity index (χ0) is 21.0. The number of nitrogens with zero attached hydrogens (tertiary/aromatic N) is 3. The van der Waals surface area contributed by atoms with Gasteiger partial charge < -0.3 is 9.84 Å². The molecule has 2 saturated heterocycles. The summed E-state index contributed by atoms with van der Waals surface area (Å²) in [6, 6.07) is 6.43. The molecule has 2 aliphatic heterocycles. The number of rotatable bonds is 5. The van der Waals surface area contributed by atoms with Crippen LogP contribution in [0.1, 0.15) is 44.0 Å². The van der Waals surface area contributed by atoms with E-state index in [1.54, 1.807) is 24.3 Å². The number of hydrogen-bond donors (Lipinski definition) is 1. The third kappa shape index (κ3) is 6.26. The quantitative estimate of drug-likeness (QED) is 0.597. The maximum Gasteiger partial charge on any atom is 0.309 e. The number of phenolic OH excluding ortho intramolecular Hbond substituents is 1. The molecule has 0 spiro atoms. The van der Waals surface area contributed by atoms with Crippen molar-refractivity contribution in [2.45, 2.75) is 39.2 Å². The SMILES string of the molecule is CC(C)(C)OC(=O)C1CCN(N2CCN(CC(=O)c3ccc(O)cc3)CC2)CC1. The molecule has 29 heavy (non-hydrogen) atoms. The van der Waals surface area contributed by atoms with Gasteiger partial charge in [0, 0.05) is 44.8 Å². The zero-order valence-corrected chi connectivity index (χ0v) is 17.8. The largest absolute Gasteiger partial charge is 0.508 e. The molecule has 1 N–H and O–H groups in total. The normalized spacial score (nSPS) is 20.5. The van der Waals surface area contributed by atoms with E-state index in [2.05, 4.69) is 14.9 Å². The van der Waals surface area contributed by atoms with E-state index < -0.39 is 5.60 Å². The number of piperazine rings is 1. The molecule has 0 saturated carbocycles. The molecular formula is C22H33N3O4. The molecule has 0 bridgehead atoms. The molecule has 7 heteroatoms. The van der Waals surface area contributed by atoms with Crippen LogP contribution in [-0.2, 0) is 9.53 Å². The van der Waals surface area contributed by atoms with Crippen molar-refractivity contribution in [3.05, 3.63) is 29.8 Å². The second kappa shape index (κ2) is 9.24. The molecule has 7 nitrogen and oxygen atoms in total. The zero-order valence-electron chi connectivity index (χ0n) is 17.8. The highest BCUT2D eigenvalue weighted by molar-refractivity contribution is 5.97. The standard InChI is InChI=1S/C22H33N3O4/c1-22(2,3)29-21(28)18-8-10-24(11-9-18)25-14-12-23(13-15-25)16-20(27)17-4-6-19(26)7-5-17/h4-7,18,26H,8-16H2,1-3H3. The van der Waals surface area contributed by atoms with Crippen molar-refractivity contribution in [2.24, 2.45) is 5.92 Å². The van der Waals surface area contributed by atoms with Crippen molar-refractivity contribution in [2.75, 3.05) is 45.8 Å². The lowest BCUT2D eigenvalue weighted by Gasteiger charge is -2.43. The van der Waals surface area contributed by atoms with Crippen LogP contribution in [0.5, 0.6) is 5.75 Å². The van der Waals surface area contributed by atoms with Crippen molar-refractivity contribution < 1.29 is 19.4 Å². The Bertz CT molecular complexity index is 698. The van der Waals surface area contributed by atoms with Crippen molar-refractivity contribution in [3.8, 4) is 5.75 Å². The van der Waals surface area contributed by atoms with Gasteiger partial charge in [-0.25, -0.2) is 10.0 Å². The maximum atomic E-state index is 12.4. The minimum atomic E-state index is -0.428. The maximum absolute atomic E-state index is 12.4. The smallest absolute Gasteiger partial charge is 0.309 e. The molecule has 1 aromatic rings. The fourth-order valence-corrected chi connectivity index (χ4v) is 3.89. The average Bonchev–Trinajstić information content (AvgIpc) is 2.68. The van der Waals surface area contributed by atoms with Gasteiger partial charge in [-0.1, -0.05) is 0 Å². The summed E-state index contributed by atoms with van der Waals surface area (Å²) in [7, 11) is 0. The first-order chi connectivity index (χ1) is 13.7. The highest BCUT2D eigenvalue weighted by atomic mass is 16.6. The van der Waals surface area contributed by atoms with E-state index in [9.17, 15) is 14.7 Å². The Labute approximate surface area is 173 Å². The first kappa shape index (κ1) is 21.7. The molecule has 2 fully saturated rings. The van der Waals surface area contributed by atoms with Crippen LogP contribution >= 0.6 is 0 Å². The average molecular weight is 404 g/mol. The summed E-state index contributed by atoms with van der Waals surface area (Å²) in [5, 5.41) is 14.1. The summed E-state index contributed by atoms with van der Waals surface area (Å²) >= 11 is 0. The molecule has 0 aliphatic carbocycles. The number of aromatic hydroxyl groups is 1. The Morgan fingerprint density at radius 2 is 1.52 bits per heavy atom. The monoisotopic (exact) mass is 403 g/mol.